The van der Waals surface area contributed by atoms with Gasteiger partial charge >= 0.3 is 5.97 Å². The van der Waals surface area contributed by atoms with Crippen LogP contribution in [0.5, 0.6) is 11.5 Å². The standard InChI is InChI=1S/C29H26ClNO7/c1-5-38-29(35)17-9-11-19(12-10-17)31-24(18-7-6-8-20(15-18)36-3)23(26(33)28(31)34)25(32)21-13-16(2)14-22(30)27(21)37-4/h6-15,24,32H,5H2,1-4H3/b25-23+. The quantitative estimate of drug-likeness (QED) is 0.185. The minimum atomic E-state index is -1.01. The Bertz CT molecular complexity index is 1450. The maximum absolute atomic E-state index is 13.5. The maximum atomic E-state index is 13.5. The summed E-state index contributed by atoms with van der Waals surface area (Å²) in [4.78, 5) is 40.3. The number of ketones is 1. The van der Waals surface area contributed by atoms with Gasteiger partial charge in [-0.05, 0) is 73.5 Å². The number of amides is 1. The molecule has 0 radical (unpaired) electrons. The molecular weight excluding hydrogens is 510 g/mol. The summed E-state index contributed by atoms with van der Waals surface area (Å²) in [6, 6.07) is 15.3. The highest BCUT2D eigenvalue weighted by Crippen LogP contribution is 2.45. The second-order valence-corrected chi connectivity index (χ2v) is 8.95. The molecule has 3 aromatic rings. The van der Waals surface area contributed by atoms with Crippen LogP contribution in [0.2, 0.25) is 5.02 Å². The monoisotopic (exact) mass is 535 g/mol. The molecule has 4 rings (SSSR count). The van der Waals surface area contributed by atoms with Crippen LogP contribution in [0.25, 0.3) is 5.76 Å². The Balaban J connectivity index is 1.94. The van der Waals surface area contributed by atoms with Crippen molar-refractivity contribution in [2.45, 2.75) is 19.9 Å². The smallest absolute Gasteiger partial charge is 0.338 e. The van der Waals surface area contributed by atoms with Crippen LogP contribution < -0.4 is 14.4 Å². The number of methoxy groups -OCH3 is 2. The minimum absolute atomic E-state index is 0.141. The van der Waals surface area contributed by atoms with Gasteiger partial charge in [0.25, 0.3) is 11.7 Å². The van der Waals surface area contributed by atoms with E-state index in [0.717, 1.165) is 5.56 Å². The van der Waals surface area contributed by atoms with Gasteiger partial charge < -0.3 is 19.3 Å². The molecule has 9 heteroatoms. The largest absolute Gasteiger partial charge is 0.507 e. The Hall–Kier alpha value is -4.30. The molecule has 0 aromatic heterocycles. The molecule has 38 heavy (non-hydrogen) atoms. The molecule has 196 valence electrons. The lowest BCUT2D eigenvalue weighted by Crippen LogP contribution is -2.29. The van der Waals surface area contributed by atoms with Crippen molar-refractivity contribution in [3.63, 3.8) is 0 Å². The van der Waals surface area contributed by atoms with Crippen LogP contribution >= 0.6 is 11.6 Å². The fourth-order valence-corrected chi connectivity index (χ4v) is 4.81. The number of rotatable bonds is 7. The van der Waals surface area contributed by atoms with E-state index in [1.165, 1.54) is 31.3 Å². The first-order valence-electron chi connectivity index (χ1n) is 11.8. The van der Waals surface area contributed by atoms with E-state index in [1.807, 2.05) is 0 Å². The molecule has 1 aliphatic rings. The third-order valence-electron chi connectivity index (χ3n) is 6.16. The summed E-state index contributed by atoms with van der Waals surface area (Å²) in [6.07, 6.45) is 0. The van der Waals surface area contributed by atoms with Gasteiger partial charge in [0.05, 0.1) is 48.6 Å². The molecule has 1 fully saturated rings. The van der Waals surface area contributed by atoms with Crippen LogP contribution in [-0.2, 0) is 14.3 Å². The van der Waals surface area contributed by atoms with Crippen LogP contribution in [0.15, 0.2) is 66.2 Å². The predicted octanol–water partition coefficient (Wildman–Crippen LogP) is 5.47. The van der Waals surface area contributed by atoms with Gasteiger partial charge in [0.15, 0.2) is 0 Å². The van der Waals surface area contributed by atoms with E-state index < -0.39 is 29.5 Å². The molecule has 0 bridgehead atoms. The fraction of sp³-hybridized carbons (Fsp3) is 0.207. The molecule has 0 aliphatic carbocycles. The number of Topliss-reactive ketones (excluding diaryl/α,β-unsaturated/α-hetero) is 1. The molecule has 1 N–H and O–H groups in total. The number of hydrogen-bond donors (Lipinski definition) is 1. The Labute approximate surface area is 225 Å². The SMILES string of the molecule is CCOC(=O)c1ccc(N2C(=O)C(=O)/C(=C(/O)c3cc(C)cc(Cl)c3OC)C2c2cccc(OC)c2)cc1. The molecule has 0 saturated carbocycles. The van der Waals surface area contributed by atoms with Crippen LogP contribution in [0.1, 0.15) is 40.0 Å². The van der Waals surface area contributed by atoms with E-state index in [4.69, 9.17) is 25.8 Å². The molecule has 1 atom stereocenters. The maximum Gasteiger partial charge on any atom is 0.338 e. The molecule has 1 aliphatic heterocycles. The number of esters is 1. The van der Waals surface area contributed by atoms with Crippen molar-refractivity contribution >= 4 is 40.7 Å². The Morgan fingerprint density at radius 1 is 1.03 bits per heavy atom. The number of nitrogens with zero attached hydrogens (tertiary/aromatic N) is 1. The van der Waals surface area contributed by atoms with Crippen molar-refractivity contribution in [2.75, 3.05) is 25.7 Å². The third kappa shape index (κ3) is 4.82. The summed E-state index contributed by atoms with van der Waals surface area (Å²) in [5.74, 6) is -1.99. The molecule has 1 amide bonds. The number of aliphatic hydroxyl groups excluding tert-OH is 1. The van der Waals surface area contributed by atoms with E-state index in [2.05, 4.69) is 0 Å². The zero-order valence-electron chi connectivity index (χ0n) is 21.3. The normalized spacial score (nSPS) is 16.4. The average molecular weight is 536 g/mol. The van der Waals surface area contributed by atoms with Crippen LogP contribution in [0.3, 0.4) is 0 Å². The molecular formula is C29H26ClNO7. The van der Waals surface area contributed by atoms with Gasteiger partial charge in [-0.1, -0.05) is 23.7 Å². The fourth-order valence-electron chi connectivity index (χ4n) is 4.46. The summed E-state index contributed by atoms with van der Waals surface area (Å²) < 4.78 is 15.8. The molecule has 3 aromatic carbocycles. The van der Waals surface area contributed by atoms with Gasteiger partial charge in [-0.25, -0.2) is 4.79 Å². The van der Waals surface area contributed by atoms with Gasteiger partial charge in [0, 0.05) is 5.69 Å². The number of carbonyl (C=O) groups excluding carboxylic acids is 3. The summed E-state index contributed by atoms with van der Waals surface area (Å²) in [6.45, 7) is 3.71. The van der Waals surface area contributed by atoms with Gasteiger partial charge in [-0.3, -0.25) is 14.5 Å². The summed E-state index contributed by atoms with van der Waals surface area (Å²) in [5.41, 5.74) is 1.93. The second kappa shape index (κ2) is 11.0. The number of aliphatic hydroxyl groups is 1. The van der Waals surface area contributed by atoms with E-state index in [-0.39, 0.29) is 28.5 Å². The number of ether oxygens (including phenoxy) is 3. The van der Waals surface area contributed by atoms with Crippen LogP contribution in [-0.4, -0.2) is 43.6 Å². The average Bonchev–Trinajstić information content (AvgIpc) is 3.18. The zero-order valence-corrected chi connectivity index (χ0v) is 22.0. The highest BCUT2D eigenvalue weighted by molar-refractivity contribution is 6.51. The summed E-state index contributed by atoms with van der Waals surface area (Å²) >= 11 is 6.36. The Kier molecular flexibility index (Phi) is 7.73. The number of halogens is 1. The number of benzene rings is 3. The van der Waals surface area contributed by atoms with Crippen molar-refractivity contribution in [2.24, 2.45) is 0 Å². The van der Waals surface area contributed by atoms with Crippen molar-refractivity contribution < 1.29 is 33.7 Å². The van der Waals surface area contributed by atoms with Crippen LogP contribution in [0, 0.1) is 6.92 Å². The van der Waals surface area contributed by atoms with Gasteiger partial charge in [-0.2, -0.15) is 0 Å². The third-order valence-corrected chi connectivity index (χ3v) is 6.44. The number of aryl methyl sites for hydroxylation is 1. The molecule has 1 saturated heterocycles. The van der Waals surface area contributed by atoms with Crippen LogP contribution in [0.4, 0.5) is 5.69 Å². The van der Waals surface area contributed by atoms with E-state index in [9.17, 15) is 19.5 Å². The first-order valence-corrected chi connectivity index (χ1v) is 12.2. The van der Waals surface area contributed by atoms with Crippen molar-refractivity contribution in [3.05, 3.63) is 93.5 Å². The first-order chi connectivity index (χ1) is 18.2. The lowest BCUT2D eigenvalue weighted by atomic mass is 9.94. The lowest BCUT2D eigenvalue weighted by Gasteiger charge is -2.26. The van der Waals surface area contributed by atoms with Gasteiger partial charge in [0.1, 0.15) is 17.3 Å². The highest BCUT2D eigenvalue weighted by atomic mass is 35.5. The Morgan fingerprint density at radius 3 is 2.37 bits per heavy atom. The summed E-state index contributed by atoms with van der Waals surface area (Å²) in [7, 11) is 2.90. The van der Waals surface area contributed by atoms with E-state index in [0.29, 0.717) is 22.6 Å². The highest BCUT2D eigenvalue weighted by Gasteiger charge is 2.47. The molecule has 1 heterocycles. The zero-order chi connectivity index (χ0) is 27.6. The van der Waals surface area contributed by atoms with E-state index in [1.54, 1.807) is 62.4 Å². The number of anilines is 1. The van der Waals surface area contributed by atoms with Crippen molar-refractivity contribution in [1.29, 1.82) is 0 Å². The van der Waals surface area contributed by atoms with Gasteiger partial charge in [-0.15, -0.1) is 0 Å². The summed E-state index contributed by atoms with van der Waals surface area (Å²) in [5, 5.41) is 11.8. The predicted molar refractivity (Wildman–Crippen MR) is 143 cm³/mol. The number of carbonyl (C=O) groups is 3. The molecule has 1 unspecified atom stereocenters. The minimum Gasteiger partial charge on any atom is -0.507 e. The first kappa shape index (κ1) is 26.8. The van der Waals surface area contributed by atoms with Crippen molar-refractivity contribution in [1.82, 2.24) is 0 Å². The topological polar surface area (TPSA) is 102 Å². The van der Waals surface area contributed by atoms with E-state index >= 15 is 0 Å². The Morgan fingerprint density at radius 2 is 1.74 bits per heavy atom. The lowest BCUT2D eigenvalue weighted by molar-refractivity contribution is -0.132. The van der Waals surface area contributed by atoms with Gasteiger partial charge in [0.2, 0.25) is 0 Å². The number of hydrogen-bond acceptors (Lipinski definition) is 7. The second-order valence-electron chi connectivity index (χ2n) is 8.54. The van der Waals surface area contributed by atoms with Crippen molar-refractivity contribution in [3.8, 4) is 11.5 Å². The molecule has 0 spiro atoms. The molecule has 8 nitrogen and oxygen atoms in total.